The third-order valence-corrected chi connectivity index (χ3v) is 5.03. The fourth-order valence-corrected chi connectivity index (χ4v) is 3.54. The molecule has 1 aliphatic carbocycles. The highest BCUT2D eigenvalue weighted by molar-refractivity contribution is 14.0. The first-order valence-corrected chi connectivity index (χ1v) is 10.6. The molecule has 1 fully saturated rings. The number of ether oxygens (including phenoxy) is 2. The second kappa shape index (κ2) is 13.4. The SMILES string of the molecule is CCNC(=NCc1cccc(OC)c1OC1CCCC1)NCCCn1cccn1.I. The molecule has 0 radical (unpaired) electrons. The van der Waals surface area contributed by atoms with Crippen LogP contribution in [0.15, 0.2) is 41.7 Å². The van der Waals surface area contributed by atoms with Gasteiger partial charge in [-0.15, -0.1) is 24.0 Å². The van der Waals surface area contributed by atoms with Crippen LogP contribution in [0.4, 0.5) is 0 Å². The van der Waals surface area contributed by atoms with E-state index in [1.807, 2.05) is 29.1 Å². The minimum Gasteiger partial charge on any atom is -0.493 e. The lowest BCUT2D eigenvalue weighted by molar-refractivity contribution is 0.198. The molecule has 3 rings (SSSR count). The largest absolute Gasteiger partial charge is 0.493 e. The first-order valence-electron chi connectivity index (χ1n) is 10.6. The average molecular weight is 527 g/mol. The monoisotopic (exact) mass is 527 g/mol. The molecule has 1 aromatic carbocycles. The van der Waals surface area contributed by atoms with E-state index in [1.165, 1.54) is 12.8 Å². The maximum Gasteiger partial charge on any atom is 0.191 e. The quantitative estimate of drug-likeness (QED) is 0.212. The number of benzene rings is 1. The second-order valence-electron chi connectivity index (χ2n) is 7.22. The third kappa shape index (κ3) is 7.37. The molecular formula is C22H34IN5O2. The van der Waals surface area contributed by atoms with Crippen molar-refractivity contribution in [2.75, 3.05) is 20.2 Å². The number of nitrogens with zero attached hydrogens (tertiary/aromatic N) is 3. The van der Waals surface area contributed by atoms with Crippen molar-refractivity contribution in [2.45, 2.75) is 58.2 Å². The van der Waals surface area contributed by atoms with Crippen LogP contribution in [0.5, 0.6) is 11.5 Å². The summed E-state index contributed by atoms with van der Waals surface area (Å²) in [7, 11) is 1.69. The van der Waals surface area contributed by atoms with Gasteiger partial charge in [0, 0.05) is 37.6 Å². The van der Waals surface area contributed by atoms with E-state index in [9.17, 15) is 0 Å². The Kier molecular flexibility index (Phi) is 10.8. The number of nitrogens with one attached hydrogen (secondary N) is 2. The number of aliphatic imine (C=N–C) groups is 1. The summed E-state index contributed by atoms with van der Waals surface area (Å²) < 4.78 is 13.8. The Morgan fingerprint density at radius 2 is 2.07 bits per heavy atom. The van der Waals surface area contributed by atoms with E-state index in [0.717, 1.165) is 61.9 Å². The van der Waals surface area contributed by atoms with Crippen molar-refractivity contribution in [3.63, 3.8) is 0 Å². The normalized spacial score (nSPS) is 14.3. The second-order valence-corrected chi connectivity index (χ2v) is 7.22. The maximum atomic E-state index is 6.32. The summed E-state index contributed by atoms with van der Waals surface area (Å²) in [5, 5.41) is 10.9. The maximum absolute atomic E-state index is 6.32. The van der Waals surface area contributed by atoms with E-state index in [-0.39, 0.29) is 30.1 Å². The molecule has 7 nitrogen and oxygen atoms in total. The Morgan fingerprint density at radius 3 is 2.77 bits per heavy atom. The molecule has 166 valence electrons. The Labute approximate surface area is 196 Å². The number of rotatable bonds is 10. The standard InChI is InChI=1S/C22H33N5O2.HI/c1-3-23-22(24-13-7-15-27-16-8-14-26-27)25-17-18-9-6-12-20(28-2)21(18)29-19-10-4-5-11-19;/h6,8-9,12,14,16,19H,3-5,7,10-11,13,15,17H2,1-2H3,(H2,23,24,25);1H. The van der Waals surface area contributed by atoms with E-state index in [2.05, 4.69) is 28.7 Å². The number of guanidine groups is 1. The summed E-state index contributed by atoms with van der Waals surface area (Å²) in [5.74, 6) is 2.42. The lowest BCUT2D eigenvalue weighted by Gasteiger charge is -2.19. The summed E-state index contributed by atoms with van der Waals surface area (Å²) >= 11 is 0. The van der Waals surface area contributed by atoms with Crippen LogP contribution in [0.2, 0.25) is 0 Å². The average Bonchev–Trinajstić information content (AvgIpc) is 3.44. The third-order valence-electron chi connectivity index (χ3n) is 5.03. The number of aromatic nitrogens is 2. The highest BCUT2D eigenvalue weighted by atomic mass is 127. The Hall–Kier alpha value is -1.97. The van der Waals surface area contributed by atoms with Crippen LogP contribution in [0, 0.1) is 0 Å². The van der Waals surface area contributed by atoms with Gasteiger partial charge in [0.1, 0.15) is 0 Å². The summed E-state index contributed by atoms with van der Waals surface area (Å²) in [4.78, 5) is 4.77. The van der Waals surface area contributed by atoms with Crippen molar-refractivity contribution in [3.8, 4) is 11.5 Å². The van der Waals surface area contributed by atoms with Gasteiger partial charge < -0.3 is 20.1 Å². The molecule has 1 aliphatic rings. The zero-order valence-electron chi connectivity index (χ0n) is 18.0. The van der Waals surface area contributed by atoms with Crippen LogP contribution in [-0.2, 0) is 13.1 Å². The molecule has 1 aromatic heterocycles. The smallest absolute Gasteiger partial charge is 0.191 e. The van der Waals surface area contributed by atoms with Crippen LogP contribution >= 0.6 is 24.0 Å². The van der Waals surface area contributed by atoms with E-state index in [4.69, 9.17) is 14.5 Å². The number of aryl methyl sites for hydroxylation is 1. The number of para-hydroxylation sites is 1. The highest BCUT2D eigenvalue weighted by Crippen LogP contribution is 2.35. The topological polar surface area (TPSA) is 72.7 Å². The first-order chi connectivity index (χ1) is 14.3. The van der Waals surface area contributed by atoms with Gasteiger partial charge in [0.05, 0.1) is 19.8 Å². The number of hydrogen-bond acceptors (Lipinski definition) is 4. The molecule has 2 aromatic rings. The first kappa shape index (κ1) is 24.3. The predicted molar refractivity (Wildman–Crippen MR) is 131 cm³/mol. The summed E-state index contributed by atoms with van der Waals surface area (Å²) in [5.41, 5.74) is 1.05. The molecule has 0 spiro atoms. The van der Waals surface area contributed by atoms with E-state index < -0.39 is 0 Å². The van der Waals surface area contributed by atoms with Crippen LogP contribution in [0.1, 0.15) is 44.6 Å². The van der Waals surface area contributed by atoms with Crippen LogP contribution in [0.3, 0.4) is 0 Å². The van der Waals surface area contributed by atoms with Gasteiger partial charge in [-0.25, -0.2) is 4.99 Å². The van der Waals surface area contributed by atoms with Crippen molar-refractivity contribution >= 4 is 29.9 Å². The Morgan fingerprint density at radius 1 is 1.23 bits per heavy atom. The minimum absolute atomic E-state index is 0. The van der Waals surface area contributed by atoms with Gasteiger partial charge in [0.2, 0.25) is 0 Å². The Bertz CT molecular complexity index is 761. The Balaban J connectivity index is 0.00000320. The molecule has 0 aliphatic heterocycles. The molecule has 1 heterocycles. The number of halogens is 1. The van der Waals surface area contributed by atoms with Gasteiger partial charge >= 0.3 is 0 Å². The molecule has 0 amide bonds. The molecule has 30 heavy (non-hydrogen) atoms. The van der Waals surface area contributed by atoms with E-state index in [1.54, 1.807) is 13.3 Å². The van der Waals surface area contributed by atoms with Crippen molar-refractivity contribution in [1.82, 2.24) is 20.4 Å². The fourth-order valence-electron chi connectivity index (χ4n) is 3.54. The molecule has 0 atom stereocenters. The molecule has 8 heteroatoms. The molecular weight excluding hydrogens is 493 g/mol. The molecule has 0 unspecified atom stereocenters. The van der Waals surface area contributed by atoms with Gasteiger partial charge in [-0.1, -0.05) is 12.1 Å². The van der Waals surface area contributed by atoms with Gasteiger partial charge in [-0.05, 0) is 51.2 Å². The fraction of sp³-hybridized carbons (Fsp3) is 0.545. The number of hydrogen-bond donors (Lipinski definition) is 2. The predicted octanol–water partition coefficient (Wildman–Crippen LogP) is 3.98. The summed E-state index contributed by atoms with van der Waals surface area (Å²) in [6.07, 6.45) is 9.74. The van der Waals surface area contributed by atoms with Crippen LogP contribution in [-0.4, -0.2) is 42.0 Å². The van der Waals surface area contributed by atoms with Gasteiger partial charge in [0.15, 0.2) is 17.5 Å². The van der Waals surface area contributed by atoms with Crippen LogP contribution < -0.4 is 20.1 Å². The van der Waals surface area contributed by atoms with Crippen molar-refractivity contribution in [1.29, 1.82) is 0 Å². The van der Waals surface area contributed by atoms with Gasteiger partial charge in [-0.3, -0.25) is 4.68 Å². The molecule has 1 saturated carbocycles. The molecule has 2 N–H and O–H groups in total. The van der Waals surface area contributed by atoms with Crippen molar-refractivity contribution in [2.24, 2.45) is 4.99 Å². The van der Waals surface area contributed by atoms with E-state index in [0.29, 0.717) is 6.54 Å². The van der Waals surface area contributed by atoms with Crippen molar-refractivity contribution in [3.05, 3.63) is 42.2 Å². The summed E-state index contributed by atoms with van der Waals surface area (Å²) in [6.45, 7) is 5.13. The lowest BCUT2D eigenvalue weighted by atomic mass is 10.1. The van der Waals surface area contributed by atoms with Gasteiger partial charge in [0.25, 0.3) is 0 Å². The summed E-state index contributed by atoms with van der Waals surface area (Å²) in [6, 6.07) is 7.96. The zero-order chi connectivity index (χ0) is 20.3. The zero-order valence-corrected chi connectivity index (χ0v) is 20.3. The van der Waals surface area contributed by atoms with Crippen molar-refractivity contribution < 1.29 is 9.47 Å². The molecule has 0 saturated heterocycles. The minimum atomic E-state index is 0. The van der Waals surface area contributed by atoms with E-state index >= 15 is 0 Å². The lowest BCUT2D eigenvalue weighted by Crippen LogP contribution is -2.38. The van der Waals surface area contributed by atoms with Gasteiger partial charge in [-0.2, -0.15) is 5.10 Å². The number of methoxy groups -OCH3 is 1. The highest BCUT2D eigenvalue weighted by Gasteiger charge is 2.20. The molecule has 0 bridgehead atoms. The van der Waals surface area contributed by atoms with Crippen LogP contribution in [0.25, 0.3) is 0 Å².